The molecule has 1 heterocycles. The fraction of sp³-hybridized carbons (Fsp3) is 0.800. The molecule has 2 saturated carbocycles. The average molecular weight is 432 g/mol. The molecule has 10 heteroatoms. The Morgan fingerprint density at radius 1 is 1.17 bits per heavy atom. The molecular weight excluding hydrogens is 406 g/mol. The van der Waals surface area contributed by atoms with Crippen LogP contribution in [-0.2, 0) is 33.4 Å². The average Bonchev–Trinajstić information content (AvgIpc) is 3.21. The molecule has 1 N–H and O–H groups in total. The van der Waals surface area contributed by atoms with Gasteiger partial charge >= 0.3 is 29.8 Å². The Morgan fingerprint density at radius 2 is 1.77 bits per heavy atom. The Bertz CT molecular complexity index is 771. The van der Waals surface area contributed by atoms with Gasteiger partial charge in [0, 0.05) is 11.8 Å². The molecule has 7 unspecified atom stereocenters. The molecule has 168 valence electrons. The van der Waals surface area contributed by atoms with Gasteiger partial charge in [0.25, 0.3) is 0 Å². The molecule has 0 amide bonds. The number of carbonyl (C=O) groups excluding carboxylic acids is 3. The first-order chi connectivity index (χ1) is 13.7. The number of rotatable bonds is 6. The first-order valence-electron chi connectivity index (χ1n) is 9.91. The molecule has 0 aromatic carbocycles. The Kier molecular flexibility index (Phi) is 5.35. The Balaban J connectivity index is 1.85. The van der Waals surface area contributed by atoms with Crippen LogP contribution in [0.25, 0.3) is 0 Å². The fourth-order valence-electron chi connectivity index (χ4n) is 4.72. The lowest BCUT2D eigenvalue weighted by Crippen LogP contribution is -2.50. The maximum atomic E-state index is 14.1. The van der Waals surface area contributed by atoms with E-state index in [4.69, 9.17) is 19.3 Å². The predicted molar refractivity (Wildman–Crippen MR) is 95.1 cm³/mol. The van der Waals surface area contributed by atoms with Crippen molar-refractivity contribution in [2.24, 2.45) is 35.0 Å². The number of fused-ring (bicyclic) bond motifs is 1. The molecule has 3 fully saturated rings. The summed E-state index contributed by atoms with van der Waals surface area (Å²) >= 11 is 0. The van der Waals surface area contributed by atoms with Crippen LogP contribution in [-0.4, -0.2) is 53.2 Å². The molecule has 0 aromatic heterocycles. The van der Waals surface area contributed by atoms with Crippen molar-refractivity contribution in [2.45, 2.75) is 65.3 Å². The quantitative estimate of drug-likeness (QED) is 0.501. The SMILES string of the molecule is CC(C)C(OC(=O)C1C2CC3C(OC(=O)C31)C2OC(=O)C(C)(C)C)C(F)(F)C(=O)O. The minimum absolute atomic E-state index is 0.352. The summed E-state index contributed by atoms with van der Waals surface area (Å²) in [6.07, 6.45) is -3.40. The number of carbonyl (C=O) groups is 4. The number of hydrogen-bond acceptors (Lipinski definition) is 7. The smallest absolute Gasteiger partial charge is 0.378 e. The van der Waals surface area contributed by atoms with Crippen molar-refractivity contribution in [1.82, 2.24) is 0 Å². The molecule has 1 aliphatic heterocycles. The minimum atomic E-state index is -4.29. The van der Waals surface area contributed by atoms with Gasteiger partial charge in [0.1, 0.15) is 12.2 Å². The zero-order valence-electron chi connectivity index (χ0n) is 17.4. The fourth-order valence-corrected chi connectivity index (χ4v) is 4.72. The van der Waals surface area contributed by atoms with E-state index in [2.05, 4.69) is 0 Å². The molecule has 1 saturated heterocycles. The Hall–Kier alpha value is -2.26. The number of alkyl halides is 2. The van der Waals surface area contributed by atoms with Crippen molar-refractivity contribution < 1.29 is 47.3 Å². The van der Waals surface area contributed by atoms with Crippen LogP contribution in [0.1, 0.15) is 41.0 Å². The van der Waals surface area contributed by atoms with Crippen LogP contribution in [0.3, 0.4) is 0 Å². The highest BCUT2D eigenvalue weighted by molar-refractivity contribution is 5.87. The third-order valence-corrected chi connectivity index (χ3v) is 6.16. The van der Waals surface area contributed by atoms with Gasteiger partial charge in [-0.2, -0.15) is 8.78 Å². The summed E-state index contributed by atoms with van der Waals surface area (Å²) < 4.78 is 44.1. The van der Waals surface area contributed by atoms with E-state index in [0.717, 1.165) is 0 Å². The first-order valence-corrected chi connectivity index (χ1v) is 9.91. The van der Waals surface area contributed by atoms with Crippen LogP contribution < -0.4 is 0 Å². The standard InChI is InChI=1S/C20H26F2O8/c1-7(2)14(20(21,22)17(25)26)30-16(24)11-9-6-8-10(11)15(23)28-12(8)13(9)29-18(27)19(3,4)5/h7-14H,6H2,1-5H3,(H,25,26). The molecule has 3 aliphatic rings. The van der Waals surface area contributed by atoms with Crippen LogP contribution in [0.15, 0.2) is 0 Å². The zero-order valence-corrected chi connectivity index (χ0v) is 17.4. The Morgan fingerprint density at radius 3 is 2.27 bits per heavy atom. The number of halogens is 2. The van der Waals surface area contributed by atoms with Gasteiger partial charge in [-0.25, -0.2) is 4.79 Å². The van der Waals surface area contributed by atoms with Crippen LogP contribution in [0.4, 0.5) is 8.78 Å². The summed E-state index contributed by atoms with van der Waals surface area (Å²) in [5, 5.41) is 8.84. The molecule has 30 heavy (non-hydrogen) atoms. The van der Waals surface area contributed by atoms with E-state index < -0.39 is 77.2 Å². The number of esters is 3. The van der Waals surface area contributed by atoms with E-state index in [1.54, 1.807) is 20.8 Å². The molecule has 8 nitrogen and oxygen atoms in total. The van der Waals surface area contributed by atoms with Crippen molar-refractivity contribution in [1.29, 1.82) is 0 Å². The van der Waals surface area contributed by atoms with Gasteiger partial charge in [0.15, 0.2) is 6.10 Å². The Labute approximate surface area is 172 Å². The number of ether oxygens (including phenoxy) is 3. The molecule has 0 radical (unpaired) electrons. The topological polar surface area (TPSA) is 116 Å². The van der Waals surface area contributed by atoms with Crippen molar-refractivity contribution in [3.05, 3.63) is 0 Å². The number of carboxylic acids is 1. The number of carboxylic acid groups (broad SMARTS) is 1. The van der Waals surface area contributed by atoms with Crippen LogP contribution in [0.5, 0.6) is 0 Å². The van der Waals surface area contributed by atoms with Crippen LogP contribution >= 0.6 is 0 Å². The van der Waals surface area contributed by atoms with E-state index in [-0.39, 0.29) is 5.92 Å². The molecule has 7 atom stereocenters. The summed E-state index contributed by atoms with van der Waals surface area (Å²) in [5.74, 6) is -13.0. The molecular formula is C20H26F2O8. The maximum Gasteiger partial charge on any atom is 0.378 e. The van der Waals surface area contributed by atoms with E-state index in [1.807, 2.05) is 0 Å². The first kappa shape index (κ1) is 22.4. The second-order valence-corrected chi connectivity index (χ2v) is 9.67. The van der Waals surface area contributed by atoms with Crippen molar-refractivity contribution >= 4 is 23.9 Å². The lowest BCUT2D eigenvalue weighted by Gasteiger charge is -2.34. The number of aliphatic carboxylic acids is 1. The lowest BCUT2D eigenvalue weighted by atomic mass is 9.78. The van der Waals surface area contributed by atoms with E-state index in [1.165, 1.54) is 13.8 Å². The molecule has 2 bridgehead atoms. The summed E-state index contributed by atoms with van der Waals surface area (Å²) in [7, 11) is 0. The van der Waals surface area contributed by atoms with Crippen LogP contribution in [0, 0.1) is 35.0 Å². The highest BCUT2D eigenvalue weighted by Crippen LogP contribution is 2.59. The summed E-state index contributed by atoms with van der Waals surface area (Å²) in [4.78, 5) is 48.6. The monoisotopic (exact) mass is 432 g/mol. The van der Waals surface area contributed by atoms with Gasteiger partial charge in [-0.15, -0.1) is 0 Å². The third kappa shape index (κ3) is 3.43. The van der Waals surface area contributed by atoms with E-state index in [0.29, 0.717) is 6.42 Å². The van der Waals surface area contributed by atoms with Gasteiger partial charge in [0.2, 0.25) is 0 Å². The zero-order chi connectivity index (χ0) is 22.8. The molecule has 3 rings (SSSR count). The van der Waals surface area contributed by atoms with Crippen LogP contribution in [0.2, 0.25) is 0 Å². The molecule has 0 spiro atoms. The summed E-state index contributed by atoms with van der Waals surface area (Å²) in [6.45, 7) is 7.57. The summed E-state index contributed by atoms with van der Waals surface area (Å²) in [6, 6.07) is 0. The van der Waals surface area contributed by atoms with E-state index in [9.17, 15) is 28.0 Å². The van der Waals surface area contributed by atoms with Gasteiger partial charge in [-0.1, -0.05) is 13.8 Å². The number of hydrogen-bond donors (Lipinski definition) is 1. The normalized spacial score (nSPS) is 33.4. The van der Waals surface area contributed by atoms with Gasteiger partial charge in [-0.05, 0) is 33.1 Å². The van der Waals surface area contributed by atoms with Gasteiger partial charge in [-0.3, -0.25) is 14.4 Å². The predicted octanol–water partition coefficient (Wildman–Crippen LogP) is 2.04. The highest BCUT2D eigenvalue weighted by Gasteiger charge is 2.70. The van der Waals surface area contributed by atoms with Crippen molar-refractivity contribution in [3.8, 4) is 0 Å². The maximum absolute atomic E-state index is 14.1. The lowest BCUT2D eigenvalue weighted by molar-refractivity contribution is -0.204. The molecule has 0 aromatic rings. The van der Waals surface area contributed by atoms with Gasteiger partial charge in [0.05, 0.1) is 17.3 Å². The molecule has 2 aliphatic carbocycles. The largest absolute Gasteiger partial charge is 0.477 e. The van der Waals surface area contributed by atoms with Crippen molar-refractivity contribution in [2.75, 3.05) is 0 Å². The summed E-state index contributed by atoms with van der Waals surface area (Å²) in [5.41, 5.74) is -0.827. The second kappa shape index (κ2) is 7.16. The highest BCUT2D eigenvalue weighted by atomic mass is 19.3. The van der Waals surface area contributed by atoms with Crippen molar-refractivity contribution in [3.63, 3.8) is 0 Å². The second-order valence-electron chi connectivity index (χ2n) is 9.67. The van der Waals surface area contributed by atoms with Gasteiger partial charge < -0.3 is 19.3 Å². The third-order valence-electron chi connectivity index (χ3n) is 6.16. The minimum Gasteiger partial charge on any atom is -0.477 e. The van der Waals surface area contributed by atoms with E-state index >= 15 is 0 Å².